The van der Waals surface area contributed by atoms with E-state index >= 15 is 0 Å². The number of hydrogen-bond donors (Lipinski definition) is 2. The van der Waals surface area contributed by atoms with Crippen molar-refractivity contribution in [2.45, 2.75) is 39.5 Å². The summed E-state index contributed by atoms with van der Waals surface area (Å²) in [4.78, 5) is 8.81. The molecule has 1 fully saturated rings. The summed E-state index contributed by atoms with van der Waals surface area (Å²) < 4.78 is 0. The Morgan fingerprint density at radius 1 is 1.35 bits per heavy atom. The van der Waals surface area contributed by atoms with Crippen molar-refractivity contribution in [1.29, 1.82) is 0 Å². The monoisotopic (exact) mass is 234 g/mol. The van der Waals surface area contributed by atoms with Gasteiger partial charge in [0.05, 0.1) is 0 Å². The number of hydrogen-bond acceptors (Lipinski definition) is 4. The Morgan fingerprint density at radius 3 is 2.65 bits per heavy atom. The number of anilines is 2. The summed E-state index contributed by atoms with van der Waals surface area (Å²) >= 11 is 0. The van der Waals surface area contributed by atoms with Crippen LogP contribution < -0.4 is 11.1 Å². The summed E-state index contributed by atoms with van der Waals surface area (Å²) in [5, 5.41) is 3.36. The highest BCUT2D eigenvalue weighted by Gasteiger charge is 2.27. The third-order valence-corrected chi connectivity index (χ3v) is 3.45. The second-order valence-corrected chi connectivity index (χ2v) is 5.41. The lowest BCUT2D eigenvalue weighted by molar-refractivity contribution is 0.439. The van der Waals surface area contributed by atoms with Crippen LogP contribution in [0.1, 0.15) is 45.4 Å². The van der Waals surface area contributed by atoms with E-state index in [1.165, 1.54) is 12.8 Å². The molecule has 4 heteroatoms. The Morgan fingerprint density at radius 2 is 2.06 bits per heavy atom. The van der Waals surface area contributed by atoms with Gasteiger partial charge in [0, 0.05) is 18.5 Å². The molecular formula is C13H22N4. The van der Waals surface area contributed by atoms with Gasteiger partial charge in [-0.3, -0.25) is 0 Å². The Balaban J connectivity index is 2.00. The van der Waals surface area contributed by atoms with Crippen LogP contribution in [-0.4, -0.2) is 16.5 Å². The molecule has 0 aromatic carbocycles. The Labute approximate surface area is 103 Å². The second kappa shape index (κ2) is 4.90. The van der Waals surface area contributed by atoms with Gasteiger partial charge in [-0.2, -0.15) is 0 Å². The SMILES string of the molecule is CC(C)C(C)CNc1cc(N)nc(C2CC2)n1. The fourth-order valence-corrected chi connectivity index (χ4v) is 1.60. The van der Waals surface area contributed by atoms with E-state index in [1.807, 2.05) is 6.07 Å². The van der Waals surface area contributed by atoms with Gasteiger partial charge >= 0.3 is 0 Å². The van der Waals surface area contributed by atoms with Crippen LogP contribution in [0.2, 0.25) is 0 Å². The molecule has 94 valence electrons. The van der Waals surface area contributed by atoms with Gasteiger partial charge in [0.25, 0.3) is 0 Å². The summed E-state index contributed by atoms with van der Waals surface area (Å²) in [5.74, 6) is 4.18. The zero-order valence-corrected chi connectivity index (χ0v) is 10.9. The molecule has 17 heavy (non-hydrogen) atoms. The second-order valence-electron chi connectivity index (χ2n) is 5.41. The minimum atomic E-state index is 0.543. The maximum Gasteiger partial charge on any atom is 0.136 e. The molecule has 4 nitrogen and oxygen atoms in total. The fraction of sp³-hybridized carbons (Fsp3) is 0.692. The van der Waals surface area contributed by atoms with Crippen LogP contribution >= 0.6 is 0 Å². The topological polar surface area (TPSA) is 63.8 Å². The molecule has 1 aliphatic rings. The smallest absolute Gasteiger partial charge is 0.136 e. The number of nitrogens with zero attached hydrogens (tertiary/aromatic N) is 2. The summed E-state index contributed by atoms with van der Waals surface area (Å²) in [7, 11) is 0. The van der Waals surface area contributed by atoms with Crippen LogP contribution in [-0.2, 0) is 0 Å². The summed E-state index contributed by atoms with van der Waals surface area (Å²) in [6.07, 6.45) is 2.40. The molecule has 0 aliphatic heterocycles. The van der Waals surface area contributed by atoms with E-state index in [0.717, 1.165) is 18.2 Å². The molecule has 0 bridgehead atoms. The van der Waals surface area contributed by atoms with Crippen molar-refractivity contribution in [3.05, 3.63) is 11.9 Å². The first-order chi connectivity index (χ1) is 8.06. The quantitative estimate of drug-likeness (QED) is 0.822. The Hall–Kier alpha value is -1.32. The van der Waals surface area contributed by atoms with Crippen molar-refractivity contribution in [3.63, 3.8) is 0 Å². The molecule has 1 aromatic heterocycles. The van der Waals surface area contributed by atoms with E-state index in [-0.39, 0.29) is 0 Å². The predicted octanol–water partition coefficient (Wildman–Crippen LogP) is 2.64. The third-order valence-electron chi connectivity index (χ3n) is 3.45. The van der Waals surface area contributed by atoms with Gasteiger partial charge in [0.1, 0.15) is 17.5 Å². The molecule has 0 amide bonds. The predicted molar refractivity (Wildman–Crippen MR) is 70.9 cm³/mol. The van der Waals surface area contributed by atoms with Gasteiger partial charge in [-0.1, -0.05) is 20.8 Å². The maximum atomic E-state index is 5.80. The number of nitrogens with one attached hydrogen (secondary N) is 1. The van der Waals surface area contributed by atoms with Crippen molar-refractivity contribution in [3.8, 4) is 0 Å². The molecule has 1 unspecified atom stereocenters. The molecule has 1 aromatic rings. The van der Waals surface area contributed by atoms with E-state index in [0.29, 0.717) is 23.6 Å². The summed E-state index contributed by atoms with van der Waals surface area (Å²) in [6.45, 7) is 7.63. The van der Waals surface area contributed by atoms with Gasteiger partial charge < -0.3 is 11.1 Å². The van der Waals surface area contributed by atoms with Crippen molar-refractivity contribution >= 4 is 11.6 Å². The summed E-state index contributed by atoms with van der Waals surface area (Å²) in [5.41, 5.74) is 5.80. The number of aromatic nitrogens is 2. The normalized spacial score (nSPS) is 17.2. The van der Waals surface area contributed by atoms with Gasteiger partial charge in [0.2, 0.25) is 0 Å². The highest BCUT2D eigenvalue weighted by Crippen LogP contribution is 2.38. The maximum absolute atomic E-state index is 5.80. The largest absolute Gasteiger partial charge is 0.384 e. The average Bonchev–Trinajstić information content (AvgIpc) is 3.08. The molecule has 0 spiro atoms. The van der Waals surface area contributed by atoms with Gasteiger partial charge in [-0.05, 0) is 24.7 Å². The first kappa shape index (κ1) is 12.1. The third kappa shape index (κ3) is 3.32. The van der Waals surface area contributed by atoms with Gasteiger partial charge in [-0.15, -0.1) is 0 Å². The van der Waals surface area contributed by atoms with Crippen LogP contribution in [0.25, 0.3) is 0 Å². The van der Waals surface area contributed by atoms with Crippen molar-refractivity contribution < 1.29 is 0 Å². The standard InChI is InChI=1S/C13H22N4/c1-8(2)9(3)7-15-12-6-11(14)16-13(17-12)10-4-5-10/h6,8-10H,4-5,7H2,1-3H3,(H3,14,15,16,17). The fourth-order valence-electron chi connectivity index (χ4n) is 1.60. The van der Waals surface area contributed by atoms with Crippen LogP contribution in [0.3, 0.4) is 0 Å². The number of nitrogen functional groups attached to an aromatic ring is 1. The van der Waals surface area contributed by atoms with E-state index in [9.17, 15) is 0 Å². The van der Waals surface area contributed by atoms with E-state index in [2.05, 4.69) is 36.1 Å². The van der Waals surface area contributed by atoms with E-state index < -0.39 is 0 Å². The van der Waals surface area contributed by atoms with Crippen molar-refractivity contribution in [2.24, 2.45) is 11.8 Å². The number of rotatable bonds is 5. The highest BCUT2D eigenvalue weighted by molar-refractivity contribution is 5.45. The van der Waals surface area contributed by atoms with Crippen LogP contribution in [0, 0.1) is 11.8 Å². The van der Waals surface area contributed by atoms with Crippen LogP contribution in [0.5, 0.6) is 0 Å². The molecule has 1 heterocycles. The van der Waals surface area contributed by atoms with E-state index in [4.69, 9.17) is 5.73 Å². The molecule has 2 rings (SSSR count). The first-order valence-electron chi connectivity index (χ1n) is 6.44. The Bertz CT molecular complexity index is 385. The lowest BCUT2D eigenvalue weighted by Gasteiger charge is -2.16. The molecule has 0 radical (unpaired) electrons. The highest BCUT2D eigenvalue weighted by atomic mass is 15.1. The summed E-state index contributed by atoms with van der Waals surface area (Å²) in [6, 6.07) is 1.82. The Kier molecular flexibility index (Phi) is 3.50. The molecule has 1 aliphatic carbocycles. The van der Waals surface area contributed by atoms with Crippen molar-refractivity contribution in [1.82, 2.24) is 9.97 Å². The molecule has 1 saturated carbocycles. The first-order valence-corrected chi connectivity index (χ1v) is 6.44. The van der Waals surface area contributed by atoms with E-state index in [1.54, 1.807) is 0 Å². The minimum absolute atomic E-state index is 0.543. The zero-order valence-electron chi connectivity index (χ0n) is 10.9. The van der Waals surface area contributed by atoms with Crippen LogP contribution in [0.4, 0.5) is 11.6 Å². The number of nitrogens with two attached hydrogens (primary N) is 1. The van der Waals surface area contributed by atoms with Gasteiger partial charge in [0.15, 0.2) is 0 Å². The molecular weight excluding hydrogens is 212 g/mol. The molecule has 1 atom stereocenters. The lowest BCUT2D eigenvalue weighted by Crippen LogP contribution is -2.17. The van der Waals surface area contributed by atoms with Crippen LogP contribution in [0.15, 0.2) is 6.07 Å². The minimum Gasteiger partial charge on any atom is -0.384 e. The lowest BCUT2D eigenvalue weighted by atomic mass is 9.98. The molecule has 0 saturated heterocycles. The van der Waals surface area contributed by atoms with Crippen molar-refractivity contribution in [2.75, 3.05) is 17.6 Å². The average molecular weight is 234 g/mol. The molecule has 3 N–H and O–H groups in total. The van der Waals surface area contributed by atoms with Gasteiger partial charge in [-0.25, -0.2) is 9.97 Å². The zero-order chi connectivity index (χ0) is 12.4.